The molecule has 1 aliphatic carbocycles. The molecule has 3 nitrogen and oxygen atoms in total. The Hall–Kier alpha value is -4.63. The van der Waals surface area contributed by atoms with E-state index in [-0.39, 0.29) is 5.41 Å². The van der Waals surface area contributed by atoms with Crippen molar-refractivity contribution in [3.05, 3.63) is 127 Å². The lowest BCUT2D eigenvalue weighted by Gasteiger charge is -2.22. The van der Waals surface area contributed by atoms with Gasteiger partial charge in [0.05, 0.1) is 28.1 Å². The maximum Gasteiger partial charge on any atom is 0.0973 e. The van der Waals surface area contributed by atoms with Gasteiger partial charge in [-0.3, -0.25) is 4.98 Å². The van der Waals surface area contributed by atoms with Gasteiger partial charge in [-0.05, 0) is 52.6 Å². The van der Waals surface area contributed by atoms with Crippen LogP contribution >= 0.6 is 0 Å². The molecular formula is C34H25N3. The average molecular weight is 476 g/mol. The SMILES string of the molecule is CC1(C)c2ccccc2-c2ccc(-c3nc4ccccc4nc3-c3ccc(-c4ccccn4)cc3)cc21. The molecule has 1 aliphatic rings. The van der Waals surface area contributed by atoms with E-state index in [0.717, 1.165) is 44.8 Å². The van der Waals surface area contributed by atoms with E-state index in [2.05, 4.69) is 85.6 Å². The molecule has 176 valence electrons. The van der Waals surface area contributed by atoms with Crippen molar-refractivity contribution >= 4 is 11.0 Å². The number of pyridine rings is 1. The Balaban J connectivity index is 1.40. The number of fused-ring (bicyclic) bond motifs is 4. The first-order chi connectivity index (χ1) is 18.1. The van der Waals surface area contributed by atoms with Gasteiger partial charge in [0.2, 0.25) is 0 Å². The molecule has 0 fully saturated rings. The van der Waals surface area contributed by atoms with Gasteiger partial charge in [-0.25, -0.2) is 9.97 Å². The van der Waals surface area contributed by atoms with Gasteiger partial charge in [0, 0.05) is 28.3 Å². The van der Waals surface area contributed by atoms with E-state index in [1.165, 1.54) is 22.3 Å². The van der Waals surface area contributed by atoms with Crippen LogP contribution in [0.3, 0.4) is 0 Å². The molecule has 0 aliphatic heterocycles. The summed E-state index contributed by atoms with van der Waals surface area (Å²) in [5.74, 6) is 0. The normalized spacial score (nSPS) is 13.4. The summed E-state index contributed by atoms with van der Waals surface area (Å²) in [5, 5.41) is 0. The van der Waals surface area contributed by atoms with E-state index in [1.807, 2.05) is 48.7 Å². The van der Waals surface area contributed by atoms with Gasteiger partial charge >= 0.3 is 0 Å². The van der Waals surface area contributed by atoms with Gasteiger partial charge < -0.3 is 0 Å². The van der Waals surface area contributed by atoms with Gasteiger partial charge in [-0.2, -0.15) is 0 Å². The van der Waals surface area contributed by atoms with Crippen molar-refractivity contribution in [1.29, 1.82) is 0 Å². The summed E-state index contributed by atoms with van der Waals surface area (Å²) < 4.78 is 0. The Morgan fingerprint density at radius 1 is 0.514 bits per heavy atom. The zero-order valence-electron chi connectivity index (χ0n) is 20.8. The van der Waals surface area contributed by atoms with Crippen LogP contribution in [0.5, 0.6) is 0 Å². The Morgan fingerprint density at radius 3 is 1.84 bits per heavy atom. The molecular weight excluding hydrogens is 450 g/mol. The highest BCUT2D eigenvalue weighted by Gasteiger charge is 2.35. The first kappa shape index (κ1) is 21.6. The molecule has 7 rings (SSSR count). The molecule has 0 unspecified atom stereocenters. The zero-order valence-corrected chi connectivity index (χ0v) is 20.8. The maximum atomic E-state index is 5.15. The van der Waals surface area contributed by atoms with E-state index in [4.69, 9.17) is 9.97 Å². The van der Waals surface area contributed by atoms with Gasteiger partial charge in [0.25, 0.3) is 0 Å². The molecule has 0 N–H and O–H groups in total. The zero-order chi connectivity index (χ0) is 25.0. The highest BCUT2D eigenvalue weighted by Crippen LogP contribution is 2.49. The number of hydrogen-bond donors (Lipinski definition) is 0. The number of benzene rings is 4. The highest BCUT2D eigenvalue weighted by atomic mass is 14.8. The molecule has 2 heterocycles. The molecule has 0 saturated carbocycles. The summed E-state index contributed by atoms with van der Waals surface area (Å²) in [6, 6.07) is 38.0. The second-order valence-corrected chi connectivity index (χ2v) is 10.1. The van der Waals surface area contributed by atoms with Gasteiger partial charge in [-0.1, -0.05) is 92.7 Å². The minimum atomic E-state index is -0.0727. The molecule has 0 bridgehead atoms. The third kappa shape index (κ3) is 3.47. The van der Waals surface area contributed by atoms with E-state index in [1.54, 1.807) is 0 Å². The van der Waals surface area contributed by atoms with Crippen LogP contribution in [0.25, 0.3) is 55.9 Å². The molecule has 4 aromatic carbocycles. The van der Waals surface area contributed by atoms with Crippen LogP contribution in [-0.2, 0) is 5.41 Å². The van der Waals surface area contributed by atoms with Crippen molar-refractivity contribution in [1.82, 2.24) is 15.0 Å². The molecule has 0 radical (unpaired) electrons. The quantitative estimate of drug-likeness (QED) is 0.258. The summed E-state index contributed by atoms with van der Waals surface area (Å²) >= 11 is 0. The van der Waals surface area contributed by atoms with Gasteiger partial charge in [-0.15, -0.1) is 0 Å². The Morgan fingerprint density at radius 2 is 1.11 bits per heavy atom. The van der Waals surface area contributed by atoms with Crippen molar-refractivity contribution in [2.45, 2.75) is 19.3 Å². The number of rotatable bonds is 3. The highest BCUT2D eigenvalue weighted by molar-refractivity contribution is 5.89. The molecule has 6 aromatic rings. The number of aromatic nitrogens is 3. The first-order valence-electron chi connectivity index (χ1n) is 12.6. The molecule has 2 aromatic heterocycles. The topological polar surface area (TPSA) is 38.7 Å². The fourth-order valence-electron chi connectivity index (χ4n) is 5.59. The molecule has 0 spiro atoms. The lowest BCUT2D eigenvalue weighted by molar-refractivity contribution is 0.660. The summed E-state index contributed by atoms with van der Waals surface area (Å²) in [6.07, 6.45) is 1.82. The first-order valence-corrected chi connectivity index (χ1v) is 12.6. The third-order valence-electron chi connectivity index (χ3n) is 7.55. The fourth-order valence-corrected chi connectivity index (χ4v) is 5.59. The van der Waals surface area contributed by atoms with Crippen LogP contribution in [0.4, 0.5) is 0 Å². The average Bonchev–Trinajstić information content (AvgIpc) is 3.19. The summed E-state index contributed by atoms with van der Waals surface area (Å²) in [6.45, 7) is 4.62. The molecule has 37 heavy (non-hydrogen) atoms. The van der Waals surface area contributed by atoms with E-state index in [9.17, 15) is 0 Å². The summed E-state index contributed by atoms with van der Waals surface area (Å²) in [4.78, 5) is 14.8. The summed E-state index contributed by atoms with van der Waals surface area (Å²) in [7, 11) is 0. The van der Waals surface area contributed by atoms with Crippen molar-refractivity contribution in [3.8, 4) is 44.9 Å². The lowest BCUT2D eigenvalue weighted by Crippen LogP contribution is -2.15. The van der Waals surface area contributed by atoms with E-state index < -0.39 is 0 Å². The van der Waals surface area contributed by atoms with Crippen molar-refractivity contribution in [2.24, 2.45) is 0 Å². The molecule has 0 saturated heterocycles. The van der Waals surface area contributed by atoms with E-state index in [0.29, 0.717) is 0 Å². The largest absolute Gasteiger partial charge is 0.256 e. The number of para-hydroxylation sites is 2. The van der Waals surface area contributed by atoms with Crippen LogP contribution in [0, 0.1) is 0 Å². The standard InChI is InChI=1S/C34H25N3/c1-34(2)27-10-4-3-9-25(27)26-19-18-24(21-28(26)34)33-32(36-30-12-5-6-13-31(30)37-33)23-16-14-22(15-17-23)29-11-7-8-20-35-29/h3-21H,1-2H3. The van der Waals surface area contributed by atoms with Crippen LogP contribution in [0.2, 0.25) is 0 Å². The van der Waals surface area contributed by atoms with Crippen LogP contribution in [-0.4, -0.2) is 15.0 Å². The summed E-state index contributed by atoms with van der Waals surface area (Å²) in [5.41, 5.74) is 13.0. The maximum absolute atomic E-state index is 5.15. The molecule has 0 atom stereocenters. The van der Waals surface area contributed by atoms with Crippen LogP contribution in [0.15, 0.2) is 115 Å². The lowest BCUT2D eigenvalue weighted by atomic mass is 9.81. The van der Waals surface area contributed by atoms with Crippen molar-refractivity contribution in [3.63, 3.8) is 0 Å². The van der Waals surface area contributed by atoms with Crippen molar-refractivity contribution in [2.75, 3.05) is 0 Å². The predicted octanol–water partition coefficient (Wildman–Crippen LogP) is 8.33. The van der Waals surface area contributed by atoms with Gasteiger partial charge in [0.15, 0.2) is 0 Å². The number of hydrogen-bond acceptors (Lipinski definition) is 3. The smallest absolute Gasteiger partial charge is 0.0973 e. The Labute approximate surface area is 216 Å². The van der Waals surface area contributed by atoms with E-state index >= 15 is 0 Å². The minimum absolute atomic E-state index is 0.0727. The second-order valence-electron chi connectivity index (χ2n) is 10.1. The second kappa shape index (κ2) is 8.21. The fraction of sp³-hybridized carbons (Fsp3) is 0.0882. The van der Waals surface area contributed by atoms with Crippen molar-refractivity contribution < 1.29 is 0 Å². The predicted molar refractivity (Wildman–Crippen MR) is 151 cm³/mol. The number of nitrogens with zero attached hydrogens (tertiary/aromatic N) is 3. The van der Waals surface area contributed by atoms with Crippen LogP contribution < -0.4 is 0 Å². The molecule has 3 heteroatoms. The third-order valence-corrected chi connectivity index (χ3v) is 7.55. The Kier molecular flexibility index (Phi) is 4.80. The monoisotopic (exact) mass is 475 g/mol. The van der Waals surface area contributed by atoms with Crippen LogP contribution in [0.1, 0.15) is 25.0 Å². The molecule has 0 amide bonds. The van der Waals surface area contributed by atoms with Gasteiger partial charge in [0.1, 0.15) is 0 Å². The Bertz CT molecular complexity index is 1780. The minimum Gasteiger partial charge on any atom is -0.256 e.